The predicted molar refractivity (Wildman–Crippen MR) is 123 cm³/mol. The first-order valence-electron chi connectivity index (χ1n) is 13.0. The Morgan fingerprint density at radius 3 is 1.74 bits per heavy atom. The highest BCUT2D eigenvalue weighted by Gasteiger charge is 2.42. The van der Waals surface area contributed by atoms with Gasteiger partial charge in [-0.05, 0) is 37.0 Å². The van der Waals surface area contributed by atoms with Crippen LogP contribution in [0, 0.1) is 11.3 Å². The van der Waals surface area contributed by atoms with Crippen molar-refractivity contribution in [3.8, 4) is 0 Å². The SMILES string of the molecule is CCCCCCCCCCCCCCCC(N)C1(CC)CCCCC1CC. The molecule has 0 aliphatic heterocycles. The predicted octanol–water partition coefficient (Wildman–Crippen LogP) is 8.79. The summed E-state index contributed by atoms with van der Waals surface area (Å²) in [7, 11) is 0. The standard InChI is InChI=1S/C26H53N/c1-4-7-8-9-10-11-12-13-14-15-16-17-18-22-25(27)26(6-3)23-20-19-21-24(26)5-2/h24-25H,4-23,27H2,1-3H3. The third-order valence-corrected chi connectivity index (χ3v) is 7.77. The van der Waals surface area contributed by atoms with Gasteiger partial charge in [0, 0.05) is 6.04 Å². The second kappa shape index (κ2) is 15.8. The first kappa shape index (κ1) is 25.0. The molecule has 1 fully saturated rings. The fourth-order valence-corrected chi connectivity index (χ4v) is 5.83. The van der Waals surface area contributed by atoms with Crippen LogP contribution < -0.4 is 5.73 Å². The van der Waals surface area contributed by atoms with Gasteiger partial charge in [-0.25, -0.2) is 0 Å². The van der Waals surface area contributed by atoms with E-state index in [2.05, 4.69) is 20.8 Å². The zero-order chi connectivity index (χ0) is 19.8. The zero-order valence-corrected chi connectivity index (χ0v) is 19.4. The molecule has 2 N–H and O–H groups in total. The van der Waals surface area contributed by atoms with Gasteiger partial charge < -0.3 is 5.73 Å². The summed E-state index contributed by atoms with van der Waals surface area (Å²) in [6, 6.07) is 0.445. The molecule has 0 aromatic carbocycles. The van der Waals surface area contributed by atoms with Crippen molar-refractivity contribution < 1.29 is 0 Å². The van der Waals surface area contributed by atoms with Gasteiger partial charge in [-0.3, -0.25) is 0 Å². The van der Waals surface area contributed by atoms with Crippen LogP contribution in [0.15, 0.2) is 0 Å². The Morgan fingerprint density at radius 2 is 1.26 bits per heavy atom. The van der Waals surface area contributed by atoms with Crippen molar-refractivity contribution in [2.75, 3.05) is 0 Å². The van der Waals surface area contributed by atoms with Crippen molar-refractivity contribution in [3.63, 3.8) is 0 Å². The highest BCUT2D eigenvalue weighted by Crippen LogP contribution is 2.48. The average Bonchev–Trinajstić information content (AvgIpc) is 2.71. The van der Waals surface area contributed by atoms with Crippen LogP contribution in [-0.2, 0) is 0 Å². The molecule has 0 radical (unpaired) electrons. The highest BCUT2D eigenvalue weighted by atomic mass is 14.7. The number of unbranched alkanes of at least 4 members (excludes halogenated alkanes) is 12. The van der Waals surface area contributed by atoms with Crippen LogP contribution in [0.4, 0.5) is 0 Å². The van der Waals surface area contributed by atoms with Crippen molar-refractivity contribution >= 4 is 0 Å². The maximum Gasteiger partial charge on any atom is 0.00981 e. The van der Waals surface area contributed by atoms with Gasteiger partial charge in [0.25, 0.3) is 0 Å². The van der Waals surface area contributed by atoms with E-state index < -0.39 is 0 Å². The molecule has 3 unspecified atom stereocenters. The molecule has 3 atom stereocenters. The van der Waals surface area contributed by atoms with E-state index in [1.165, 1.54) is 128 Å². The Hall–Kier alpha value is -0.0400. The van der Waals surface area contributed by atoms with Crippen LogP contribution >= 0.6 is 0 Å². The minimum Gasteiger partial charge on any atom is -0.327 e. The lowest BCUT2D eigenvalue weighted by Crippen LogP contribution is -2.48. The van der Waals surface area contributed by atoms with Gasteiger partial charge in [0.2, 0.25) is 0 Å². The Balaban J connectivity index is 2.02. The third kappa shape index (κ3) is 9.33. The van der Waals surface area contributed by atoms with Gasteiger partial charge in [-0.2, -0.15) is 0 Å². The van der Waals surface area contributed by atoms with Crippen LogP contribution in [0.5, 0.6) is 0 Å². The average molecular weight is 380 g/mol. The molecule has 162 valence electrons. The van der Waals surface area contributed by atoms with E-state index in [9.17, 15) is 0 Å². The van der Waals surface area contributed by atoms with Crippen LogP contribution in [-0.4, -0.2) is 6.04 Å². The molecule has 0 saturated heterocycles. The number of nitrogens with two attached hydrogens (primary N) is 1. The molecule has 1 nitrogen and oxygen atoms in total. The summed E-state index contributed by atoms with van der Waals surface area (Å²) in [5.41, 5.74) is 7.26. The Bertz CT molecular complexity index is 326. The summed E-state index contributed by atoms with van der Waals surface area (Å²) in [4.78, 5) is 0. The zero-order valence-electron chi connectivity index (χ0n) is 19.4. The van der Waals surface area contributed by atoms with Crippen molar-refractivity contribution in [1.29, 1.82) is 0 Å². The van der Waals surface area contributed by atoms with Crippen LogP contribution in [0.1, 0.15) is 149 Å². The molecule has 1 aliphatic carbocycles. The largest absolute Gasteiger partial charge is 0.327 e. The van der Waals surface area contributed by atoms with Gasteiger partial charge in [-0.1, -0.05) is 124 Å². The molecule has 1 saturated carbocycles. The summed E-state index contributed by atoms with van der Waals surface area (Å²) in [5, 5.41) is 0. The summed E-state index contributed by atoms with van der Waals surface area (Å²) in [6.07, 6.45) is 28.2. The minimum atomic E-state index is 0.445. The van der Waals surface area contributed by atoms with E-state index in [-0.39, 0.29) is 0 Å². The van der Waals surface area contributed by atoms with E-state index in [1.54, 1.807) is 0 Å². The van der Waals surface area contributed by atoms with Gasteiger partial charge in [0.15, 0.2) is 0 Å². The lowest BCUT2D eigenvalue weighted by atomic mass is 9.59. The molecule has 0 aromatic rings. The Labute approximate surface area is 172 Å². The summed E-state index contributed by atoms with van der Waals surface area (Å²) >= 11 is 0. The molecule has 0 bridgehead atoms. The molecule has 1 aliphatic rings. The first-order chi connectivity index (χ1) is 13.2. The topological polar surface area (TPSA) is 26.0 Å². The van der Waals surface area contributed by atoms with Crippen molar-refractivity contribution in [2.24, 2.45) is 17.1 Å². The molecule has 0 heterocycles. The van der Waals surface area contributed by atoms with E-state index in [4.69, 9.17) is 5.73 Å². The van der Waals surface area contributed by atoms with E-state index in [1.807, 2.05) is 0 Å². The summed E-state index contributed by atoms with van der Waals surface area (Å²) < 4.78 is 0. The molecule has 1 rings (SSSR count). The smallest absolute Gasteiger partial charge is 0.00981 e. The third-order valence-electron chi connectivity index (χ3n) is 7.77. The van der Waals surface area contributed by atoms with Crippen molar-refractivity contribution in [2.45, 2.75) is 155 Å². The Morgan fingerprint density at radius 1 is 0.741 bits per heavy atom. The fraction of sp³-hybridized carbons (Fsp3) is 1.00. The number of rotatable bonds is 17. The summed E-state index contributed by atoms with van der Waals surface area (Å²) in [5.74, 6) is 0.883. The summed E-state index contributed by atoms with van der Waals surface area (Å²) in [6.45, 7) is 7.09. The molecular weight excluding hydrogens is 326 g/mol. The minimum absolute atomic E-state index is 0.445. The van der Waals surface area contributed by atoms with E-state index >= 15 is 0 Å². The maximum atomic E-state index is 6.80. The molecular formula is C26H53N. The Kier molecular flexibility index (Phi) is 14.7. The molecule has 0 amide bonds. The number of hydrogen-bond acceptors (Lipinski definition) is 1. The van der Waals surface area contributed by atoms with Gasteiger partial charge in [-0.15, -0.1) is 0 Å². The second-order valence-electron chi connectivity index (χ2n) is 9.58. The monoisotopic (exact) mass is 379 g/mol. The first-order valence-corrected chi connectivity index (χ1v) is 13.0. The van der Waals surface area contributed by atoms with Crippen molar-refractivity contribution in [3.05, 3.63) is 0 Å². The quantitative estimate of drug-likeness (QED) is 0.251. The second-order valence-corrected chi connectivity index (χ2v) is 9.58. The van der Waals surface area contributed by atoms with Gasteiger partial charge >= 0.3 is 0 Å². The van der Waals surface area contributed by atoms with Crippen LogP contribution in [0.3, 0.4) is 0 Å². The lowest BCUT2D eigenvalue weighted by Gasteiger charge is -2.48. The van der Waals surface area contributed by atoms with Gasteiger partial charge in [0.05, 0.1) is 0 Å². The lowest BCUT2D eigenvalue weighted by molar-refractivity contribution is 0.0494. The highest BCUT2D eigenvalue weighted by molar-refractivity contribution is 4.95. The van der Waals surface area contributed by atoms with Crippen LogP contribution in [0.2, 0.25) is 0 Å². The maximum absolute atomic E-state index is 6.80. The van der Waals surface area contributed by atoms with Crippen molar-refractivity contribution in [1.82, 2.24) is 0 Å². The molecule has 1 heteroatoms. The molecule has 0 spiro atoms. The number of hydrogen-bond donors (Lipinski definition) is 1. The van der Waals surface area contributed by atoms with Gasteiger partial charge in [0.1, 0.15) is 0 Å². The van der Waals surface area contributed by atoms with E-state index in [0.717, 1.165) is 5.92 Å². The molecule has 27 heavy (non-hydrogen) atoms. The molecule has 0 aromatic heterocycles. The fourth-order valence-electron chi connectivity index (χ4n) is 5.83. The van der Waals surface area contributed by atoms with E-state index in [0.29, 0.717) is 11.5 Å². The van der Waals surface area contributed by atoms with Crippen LogP contribution in [0.25, 0.3) is 0 Å². The normalized spacial score (nSPS) is 24.2.